The van der Waals surface area contributed by atoms with Gasteiger partial charge in [-0.1, -0.05) is 6.07 Å². The molecular weight excluding hydrogens is 246 g/mol. The van der Waals surface area contributed by atoms with Crippen LogP contribution < -0.4 is 10.1 Å². The number of phenols is 1. The summed E-state index contributed by atoms with van der Waals surface area (Å²) in [6.45, 7) is 3.06. The molecule has 108 valence electrons. The molecule has 1 aromatic carbocycles. The van der Waals surface area contributed by atoms with Gasteiger partial charge in [0.1, 0.15) is 0 Å². The molecule has 0 amide bonds. The Morgan fingerprint density at radius 2 is 2.05 bits per heavy atom. The summed E-state index contributed by atoms with van der Waals surface area (Å²) in [5.41, 5.74) is 1.02. The number of benzene rings is 1. The summed E-state index contributed by atoms with van der Waals surface area (Å²) in [6, 6.07) is 5.38. The van der Waals surface area contributed by atoms with Crippen molar-refractivity contribution in [2.45, 2.75) is 25.5 Å². The van der Waals surface area contributed by atoms with E-state index in [1.165, 1.54) is 7.11 Å². The zero-order chi connectivity index (χ0) is 14.3. The van der Waals surface area contributed by atoms with Crippen molar-refractivity contribution in [3.05, 3.63) is 23.8 Å². The van der Waals surface area contributed by atoms with Crippen LogP contribution in [0.15, 0.2) is 18.2 Å². The third-order valence-electron chi connectivity index (χ3n) is 2.99. The van der Waals surface area contributed by atoms with E-state index in [2.05, 4.69) is 5.32 Å². The van der Waals surface area contributed by atoms with Gasteiger partial charge < -0.3 is 25.0 Å². The minimum Gasteiger partial charge on any atom is -0.504 e. The van der Waals surface area contributed by atoms with Gasteiger partial charge >= 0.3 is 0 Å². The number of rotatable bonds is 8. The standard InChI is InChI=1S/C14H23NO4/c1-10(15-7-6-12(16)9-18-2)11-4-5-13(17)14(8-11)19-3/h4-5,8,10,12,15-17H,6-7,9H2,1-3H3. The SMILES string of the molecule is COCC(O)CCNC(C)c1ccc(O)c(OC)c1. The molecule has 1 rings (SSSR count). The van der Waals surface area contributed by atoms with Gasteiger partial charge in [-0.2, -0.15) is 0 Å². The maximum atomic E-state index is 9.53. The second-order valence-electron chi connectivity index (χ2n) is 4.50. The van der Waals surface area contributed by atoms with E-state index in [1.54, 1.807) is 19.2 Å². The van der Waals surface area contributed by atoms with E-state index in [-0.39, 0.29) is 11.8 Å². The Labute approximate surface area is 114 Å². The fourth-order valence-electron chi connectivity index (χ4n) is 1.82. The Morgan fingerprint density at radius 3 is 2.68 bits per heavy atom. The maximum Gasteiger partial charge on any atom is 0.160 e. The van der Waals surface area contributed by atoms with Crippen molar-refractivity contribution >= 4 is 0 Å². The van der Waals surface area contributed by atoms with Crippen molar-refractivity contribution < 1.29 is 19.7 Å². The minimum absolute atomic E-state index is 0.115. The molecule has 0 bridgehead atoms. The van der Waals surface area contributed by atoms with Crippen LogP contribution in [0.4, 0.5) is 0 Å². The van der Waals surface area contributed by atoms with Crippen LogP contribution >= 0.6 is 0 Å². The normalized spacial score (nSPS) is 14.1. The van der Waals surface area contributed by atoms with E-state index < -0.39 is 6.10 Å². The molecule has 0 aliphatic heterocycles. The molecule has 0 radical (unpaired) electrons. The lowest BCUT2D eigenvalue weighted by molar-refractivity contribution is 0.0590. The van der Waals surface area contributed by atoms with Crippen LogP contribution in [0.1, 0.15) is 24.9 Å². The number of ether oxygens (including phenoxy) is 2. The Kier molecular flexibility index (Phi) is 6.62. The van der Waals surface area contributed by atoms with Crippen molar-refractivity contribution in [1.29, 1.82) is 0 Å². The summed E-state index contributed by atoms with van der Waals surface area (Å²) in [5, 5.41) is 22.4. The molecular formula is C14H23NO4. The van der Waals surface area contributed by atoms with E-state index in [9.17, 15) is 10.2 Å². The van der Waals surface area contributed by atoms with Gasteiger partial charge in [-0.05, 0) is 37.6 Å². The zero-order valence-electron chi connectivity index (χ0n) is 11.7. The molecule has 0 heterocycles. The van der Waals surface area contributed by atoms with Crippen LogP contribution in [0.5, 0.6) is 11.5 Å². The topological polar surface area (TPSA) is 71.0 Å². The molecule has 0 aliphatic rings. The van der Waals surface area contributed by atoms with E-state index in [4.69, 9.17) is 9.47 Å². The van der Waals surface area contributed by atoms with Crippen LogP contribution in [-0.4, -0.2) is 43.7 Å². The highest BCUT2D eigenvalue weighted by atomic mass is 16.5. The molecule has 0 aliphatic carbocycles. The molecule has 0 saturated carbocycles. The lowest BCUT2D eigenvalue weighted by Gasteiger charge is -2.17. The summed E-state index contributed by atoms with van der Waals surface area (Å²) in [6.07, 6.45) is 0.187. The molecule has 3 N–H and O–H groups in total. The molecule has 0 spiro atoms. The lowest BCUT2D eigenvalue weighted by atomic mass is 10.1. The Bertz CT molecular complexity index is 384. The quantitative estimate of drug-likeness (QED) is 0.666. The first-order valence-corrected chi connectivity index (χ1v) is 6.35. The smallest absolute Gasteiger partial charge is 0.160 e. The Hall–Kier alpha value is -1.30. The van der Waals surface area contributed by atoms with Crippen LogP contribution in [0, 0.1) is 0 Å². The predicted octanol–water partition coefficient (Wildman–Crippen LogP) is 1.45. The third-order valence-corrected chi connectivity index (χ3v) is 2.99. The first kappa shape index (κ1) is 15.8. The molecule has 5 nitrogen and oxygen atoms in total. The van der Waals surface area contributed by atoms with Gasteiger partial charge in [0, 0.05) is 13.2 Å². The van der Waals surface area contributed by atoms with Gasteiger partial charge in [0.05, 0.1) is 19.8 Å². The van der Waals surface area contributed by atoms with Crippen molar-refractivity contribution in [2.75, 3.05) is 27.4 Å². The third kappa shape index (κ3) is 5.06. The first-order valence-electron chi connectivity index (χ1n) is 6.35. The van der Waals surface area contributed by atoms with Crippen molar-refractivity contribution in [1.82, 2.24) is 5.32 Å². The second-order valence-corrected chi connectivity index (χ2v) is 4.50. The van der Waals surface area contributed by atoms with Crippen LogP contribution in [-0.2, 0) is 4.74 Å². The number of methoxy groups -OCH3 is 2. The lowest BCUT2D eigenvalue weighted by Crippen LogP contribution is -2.25. The monoisotopic (exact) mass is 269 g/mol. The van der Waals surface area contributed by atoms with Gasteiger partial charge in [-0.3, -0.25) is 0 Å². The highest BCUT2D eigenvalue weighted by molar-refractivity contribution is 5.42. The molecule has 0 saturated heterocycles. The first-order chi connectivity index (χ1) is 9.08. The van der Waals surface area contributed by atoms with Crippen LogP contribution in [0.3, 0.4) is 0 Å². The number of hydrogen-bond donors (Lipinski definition) is 3. The molecule has 2 atom stereocenters. The van der Waals surface area contributed by atoms with Crippen molar-refractivity contribution in [3.63, 3.8) is 0 Å². The molecule has 0 aromatic heterocycles. The van der Waals surface area contributed by atoms with Crippen LogP contribution in [0.2, 0.25) is 0 Å². The van der Waals surface area contributed by atoms with Gasteiger partial charge in [0.25, 0.3) is 0 Å². The number of aliphatic hydroxyl groups excluding tert-OH is 1. The van der Waals surface area contributed by atoms with Gasteiger partial charge in [-0.25, -0.2) is 0 Å². The Balaban J connectivity index is 2.47. The van der Waals surface area contributed by atoms with Gasteiger partial charge in [0.15, 0.2) is 11.5 Å². The molecule has 19 heavy (non-hydrogen) atoms. The minimum atomic E-state index is -0.445. The number of aromatic hydroxyl groups is 1. The molecule has 0 fully saturated rings. The maximum absolute atomic E-state index is 9.53. The number of aliphatic hydroxyl groups is 1. The van der Waals surface area contributed by atoms with Crippen LogP contribution in [0.25, 0.3) is 0 Å². The summed E-state index contributed by atoms with van der Waals surface area (Å²) in [5.74, 6) is 0.597. The van der Waals surface area contributed by atoms with Crippen molar-refractivity contribution in [3.8, 4) is 11.5 Å². The zero-order valence-corrected chi connectivity index (χ0v) is 11.7. The van der Waals surface area contributed by atoms with Gasteiger partial charge in [0.2, 0.25) is 0 Å². The van der Waals surface area contributed by atoms with E-state index in [0.717, 1.165) is 5.56 Å². The average molecular weight is 269 g/mol. The van der Waals surface area contributed by atoms with E-state index >= 15 is 0 Å². The number of hydrogen-bond acceptors (Lipinski definition) is 5. The van der Waals surface area contributed by atoms with E-state index in [1.807, 2.05) is 13.0 Å². The number of phenolic OH excluding ortho intramolecular Hbond substituents is 1. The second kappa shape index (κ2) is 7.99. The largest absolute Gasteiger partial charge is 0.504 e. The number of nitrogens with one attached hydrogen (secondary N) is 1. The summed E-state index contributed by atoms with van der Waals surface area (Å²) < 4.78 is 9.94. The molecule has 2 unspecified atom stereocenters. The average Bonchev–Trinajstić information content (AvgIpc) is 2.39. The fraction of sp³-hybridized carbons (Fsp3) is 0.571. The van der Waals surface area contributed by atoms with Gasteiger partial charge in [-0.15, -0.1) is 0 Å². The summed E-state index contributed by atoms with van der Waals surface area (Å²) in [4.78, 5) is 0. The fourth-order valence-corrected chi connectivity index (χ4v) is 1.82. The predicted molar refractivity (Wildman–Crippen MR) is 73.6 cm³/mol. The summed E-state index contributed by atoms with van der Waals surface area (Å²) >= 11 is 0. The highest BCUT2D eigenvalue weighted by Crippen LogP contribution is 2.28. The Morgan fingerprint density at radius 1 is 1.32 bits per heavy atom. The molecule has 5 heteroatoms. The van der Waals surface area contributed by atoms with Crippen molar-refractivity contribution in [2.24, 2.45) is 0 Å². The molecule has 1 aromatic rings. The summed E-state index contributed by atoms with van der Waals surface area (Å²) in [7, 11) is 3.10. The highest BCUT2D eigenvalue weighted by Gasteiger charge is 2.10. The van der Waals surface area contributed by atoms with E-state index in [0.29, 0.717) is 25.3 Å².